The highest BCUT2D eigenvalue weighted by molar-refractivity contribution is 8.05. The molecule has 0 radical (unpaired) electrons. The van der Waals surface area contributed by atoms with Crippen LogP contribution in [0.3, 0.4) is 0 Å². The Labute approximate surface area is 151 Å². The quantitative estimate of drug-likeness (QED) is 0.117. The third kappa shape index (κ3) is 3.58. The fourth-order valence-corrected chi connectivity index (χ4v) is 5.76. The molecule has 10 nitrogen and oxygen atoms in total. The van der Waals surface area contributed by atoms with Gasteiger partial charge in [0.2, 0.25) is 4.08 Å². The van der Waals surface area contributed by atoms with Crippen LogP contribution < -0.4 is 22.5 Å². The predicted molar refractivity (Wildman–Crippen MR) is 95.9 cm³/mol. The van der Waals surface area contributed by atoms with Crippen molar-refractivity contribution in [2.24, 2.45) is 17.6 Å². The Balaban J connectivity index is 2.68. The highest BCUT2D eigenvalue weighted by atomic mass is 32.3. The summed E-state index contributed by atoms with van der Waals surface area (Å²) in [5, 5.41) is 0. The van der Waals surface area contributed by atoms with Gasteiger partial charge in [0, 0.05) is 12.3 Å². The zero-order valence-electron chi connectivity index (χ0n) is 13.5. The standard InChI is InChI=1S/C14H20N4O6S2/c15-17-13(18-16)9-8-12(7-6-11-4-2-1-3-5-11)14(10-13,25(19,20)21)26(22,23)24/h1-9,12,17-18H,10,15-16H2,(H,19,20,21)(H,22,23,24)/b7-6-/t12-/m1/s1. The van der Waals surface area contributed by atoms with Crippen LogP contribution >= 0.6 is 0 Å². The van der Waals surface area contributed by atoms with Crippen molar-refractivity contribution in [1.29, 1.82) is 0 Å². The Morgan fingerprint density at radius 3 is 2.04 bits per heavy atom. The molecule has 1 aromatic carbocycles. The van der Waals surface area contributed by atoms with E-state index in [2.05, 4.69) is 10.9 Å². The largest absolute Gasteiger partial charge is 0.288 e. The third-order valence-electron chi connectivity index (χ3n) is 4.31. The summed E-state index contributed by atoms with van der Waals surface area (Å²) in [5.74, 6) is 9.29. The molecule has 0 bridgehead atoms. The predicted octanol–water partition coefficient (Wildman–Crippen LogP) is -0.629. The van der Waals surface area contributed by atoms with E-state index >= 15 is 0 Å². The average Bonchev–Trinajstić information content (AvgIpc) is 2.58. The molecule has 0 heterocycles. The van der Waals surface area contributed by atoms with Gasteiger partial charge in [-0.15, -0.1) is 0 Å². The van der Waals surface area contributed by atoms with Crippen molar-refractivity contribution < 1.29 is 25.9 Å². The maximum Gasteiger partial charge on any atom is 0.288 e. The van der Waals surface area contributed by atoms with Crippen LogP contribution in [-0.2, 0) is 20.2 Å². The molecule has 1 aromatic rings. The van der Waals surface area contributed by atoms with Crippen molar-refractivity contribution in [1.82, 2.24) is 10.9 Å². The normalized spacial score (nSPS) is 22.5. The number of hydrogen-bond acceptors (Lipinski definition) is 8. The first-order valence-corrected chi connectivity index (χ1v) is 10.2. The van der Waals surface area contributed by atoms with Crippen molar-refractivity contribution in [3.05, 3.63) is 54.1 Å². The smallest absolute Gasteiger partial charge is 0.284 e. The molecule has 2 rings (SSSR count). The van der Waals surface area contributed by atoms with Gasteiger partial charge in [0.05, 0.1) is 0 Å². The number of rotatable bonds is 6. The lowest BCUT2D eigenvalue weighted by Crippen LogP contribution is -2.69. The topological polar surface area (TPSA) is 185 Å². The molecule has 0 spiro atoms. The summed E-state index contributed by atoms with van der Waals surface area (Å²) in [5.41, 5.74) is 3.29. The van der Waals surface area contributed by atoms with E-state index in [-0.39, 0.29) is 0 Å². The molecule has 1 atom stereocenters. The molecule has 8 N–H and O–H groups in total. The second-order valence-electron chi connectivity index (χ2n) is 5.85. The van der Waals surface area contributed by atoms with Crippen LogP contribution in [-0.4, -0.2) is 35.7 Å². The summed E-state index contributed by atoms with van der Waals surface area (Å²) >= 11 is 0. The minimum Gasteiger partial charge on any atom is -0.284 e. The number of nitrogens with two attached hydrogens (primary N) is 2. The zero-order chi connectivity index (χ0) is 19.6. The van der Waals surface area contributed by atoms with Gasteiger partial charge in [-0.05, 0) is 5.56 Å². The van der Waals surface area contributed by atoms with Crippen LogP contribution in [0, 0.1) is 5.92 Å². The molecule has 1 aliphatic carbocycles. The van der Waals surface area contributed by atoms with Gasteiger partial charge in [0.15, 0.2) is 0 Å². The van der Waals surface area contributed by atoms with Gasteiger partial charge < -0.3 is 0 Å². The number of benzene rings is 1. The van der Waals surface area contributed by atoms with E-state index in [0.29, 0.717) is 5.56 Å². The molecule has 144 valence electrons. The first kappa shape index (κ1) is 20.7. The minimum absolute atomic E-state index is 0.659. The number of allylic oxidation sites excluding steroid dienone is 2. The Kier molecular flexibility index (Phi) is 5.70. The summed E-state index contributed by atoms with van der Waals surface area (Å²) in [7, 11) is -10.6. The Hall–Kier alpha value is -1.64. The zero-order valence-corrected chi connectivity index (χ0v) is 15.1. The van der Waals surface area contributed by atoms with Crippen LogP contribution in [0.15, 0.2) is 48.6 Å². The van der Waals surface area contributed by atoms with Crippen molar-refractivity contribution in [3.63, 3.8) is 0 Å². The lowest BCUT2D eigenvalue weighted by molar-refractivity contribution is 0.255. The second-order valence-corrected chi connectivity index (χ2v) is 9.47. The molecular formula is C14H20N4O6S2. The summed E-state index contributed by atoms with van der Waals surface area (Å²) in [6.45, 7) is 0. The van der Waals surface area contributed by atoms with Gasteiger partial charge in [-0.1, -0.05) is 54.6 Å². The molecular weight excluding hydrogens is 384 g/mol. The van der Waals surface area contributed by atoms with E-state index in [9.17, 15) is 25.9 Å². The molecule has 0 unspecified atom stereocenters. The van der Waals surface area contributed by atoms with Gasteiger partial charge in [-0.3, -0.25) is 20.8 Å². The van der Waals surface area contributed by atoms with Crippen LogP contribution in [0.5, 0.6) is 0 Å². The maximum absolute atomic E-state index is 12.1. The van der Waals surface area contributed by atoms with E-state index in [4.69, 9.17) is 11.7 Å². The number of hydrazine groups is 2. The molecule has 0 saturated heterocycles. The van der Waals surface area contributed by atoms with Crippen LogP contribution in [0.4, 0.5) is 0 Å². The molecule has 0 aromatic heterocycles. The van der Waals surface area contributed by atoms with E-state index in [1.807, 2.05) is 0 Å². The lowest BCUT2D eigenvalue weighted by atomic mass is 9.87. The van der Waals surface area contributed by atoms with E-state index in [0.717, 1.165) is 0 Å². The summed E-state index contributed by atoms with van der Waals surface area (Å²) in [6.07, 6.45) is 4.33. The molecule has 0 aliphatic heterocycles. The van der Waals surface area contributed by atoms with E-state index in [1.54, 1.807) is 30.3 Å². The van der Waals surface area contributed by atoms with Gasteiger partial charge in [-0.25, -0.2) is 10.9 Å². The minimum atomic E-state index is -5.32. The average molecular weight is 404 g/mol. The molecule has 0 amide bonds. The Morgan fingerprint density at radius 1 is 1.04 bits per heavy atom. The Bertz CT molecular complexity index is 876. The van der Waals surface area contributed by atoms with Crippen molar-refractivity contribution >= 4 is 26.3 Å². The molecule has 0 fully saturated rings. The molecule has 0 saturated carbocycles. The van der Waals surface area contributed by atoms with E-state index < -0.39 is 42.3 Å². The second kappa shape index (κ2) is 7.17. The van der Waals surface area contributed by atoms with Gasteiger partial charge in [-0.2, -0.15) is 16.8 Å². The molecule has 12 heteroatoms. The van der Waals surface area contributed by atoms with Crippen LogP contribution in [0.25, 0.3) is 6.08 Å². The highest BCUT2D eigenvalue weighted by Gasteiger charge is 2.63. The van der Waals surface area contributed by atoms with Gasteiger partial charge in [0.1, 0.15) is 5.66 Å². The third-order valence-corrected chi connectivity index (χ3v) is 8.15. The summed E-state index contributed by atoms with van der Waals surface area (Å²) in [4.78, 5) is 0. The van der Waals surface area contributed by atoms with Crippen molar-refractivity contribution in [3.8, 4) is 0 Å². The lowest BCUT2D eigenvalue weighted by Gasteiger charge is -2.43. The molecule has 26 heavy (non-hydrogen) atoms. The van der Waals surface area contributed by atoms with Crippen molar-refractivity contribution in [2.75, 3.05) is 0 Å². The fourth-order valence-electron chi connectivity index (χ4n) is 2.87. The Morgan fingerprint density at radius 2 is 1.58 bits per heavy atom. The first-order chi connectivity index (χ1) is 12.0. The van der Waals surface area contributed by atoms with E-state index in [1.165, 1.54) is 24.3 Å². The number of hydrogen-bond donors (Lipinski definition) is 6. The van der Waals surface area contributed by atoms with Gasteiger partial charge >= 0.3 is 0 Å². The maximum atomic E-state index is 12.1. The van der Waals surface area contributed by atoms with Gasteiger partial charge in [0.25, 0.3) is 20.2 Å². The molecule has 1 aliphatic rings. The summed E-state index contributed by atoms with van der Waals surface area (Å²) < 4.78 is 64.9. The van der Waals surface area contributed by atoms with Crippen LogP contribution in [0.2, 0.25) is 0 Å². The fraction of sp³-hybridized carbons (Fsp3) is 0.286. The first-order valence-electron chi connectivity index (χ1n) is 7.33. The monoisotopic (exact) mass is 404 g/mol. The number of nitrogens with one attached hydrogen (secondary N) is 2. The SMILES string of the molecule is NNC1(NN)C=C[C@@H](/C=C\c2ccccc2)C(S(=O)(=O)O)(S(=O)(=O)O)C1. The van der Waals surface area contributed by atoms with Crippen LogP contribution in [0.1, 0.15) is 12.0 Å². The van der Waals surface area contributed by atoms with Crippen molar-refractivity contribution in [2.45, 2.75) is 16.2 Å². The summed E-state index contributed by atoms with van der Waals surface area (Å²) in [6, 6.07) is 8.65. The highest BCUT2D eigenvalue weighted by Crippen LogP contribution is 2.43.